The largest absolute Gasteiger partial charge is 0.372 e. The average molecular weight is 355 g/mol. The Morgan fingerprint density at radius 1 is 1.00 bits per heavy atom. The van der Waals surface area contributed by atoms with E-state index in [1.54, 1.807) is 12.1 Å². The molecule has 26 heavy (non-hydrogen) atoms. The maximum Gasteiger partial charge on any atom is 0.262 e. The Labute approximate surface area is 151 Å². The van der Waals surface area contributed by atoms with Crippen LogP contribution in [0.3, 0.4) is 0 Å². The number of carbonyl (C=O) groups excluding carboxylic acids is 4. The van der Waals surface area contributed by atoms with Gasteiger partial charge in [-0.15, -0.1) is 0 Å². The molecule has 1 saturated carbocycles. The summed E-state index contributed by atoms with van der Waals surface area (Å²) in [6, 6.07) is 4.81. The predicted molar refractivity (Wildman–Crippen MR) is 93.8 cm³/mol. The number of amides is 4. The first-order valence-electron chi connectivity index (χ1n) is 9.06. The molecule has 0 bridgehead atoms. The second-order valence-corrected chi connectivity index (χ2v) is 7.23. The van der Waals surface area contributed by atoms with E-state index in [1.807, 2.05) is 13.1 Å². The zero-order chi connectivity index (χ0) is 18.4. The van der Waals surface area contributed by atoms with Crippen molar-refractivity contribution in [2.75, 3.05) is 11.9 Å². The molecule has 136 valence electrons. The molecule has 1 aromatic rings. The van der Waals surface area contributed by atoms with Crippen LogP contribution in [0.5, 0.6) is 0 Å². The molecule has 2 aliphatic heterocycles. The zero-order valence-electron chi connectivity index (χ0n) is 14.7. The molecule has 2 heterocycles. The number of carbonyl (C=O) groups is 4. The molecule has 7 nitrogen and oxygen atoms in total. The highest BCUT2D eigenvalue weighted by atomic mass is 16.2. The fourth-order valence-corrected chi connectivity index (χ4v) is 4.18. The first-order chi connectivity index (χ1) is 12.5. The third-order valence-electron chi connectivity index (χ3n) is 5.70. The molecule has 1 saturated heterocycles. The van der Waals surface area contributed by atoms with Gasteiger partial charge in [0.1, 0.15) is 6.04 Å². The van der Waals surface area contributed by atoms with Crippen LogP contribution >= 0.6 is 0 Å². The molecular formula is C19H21N3O4. The lowest BCUT2D eigenvalue weighted by Crippen LogP contribution is -2.54. The number of hydrogen-bond donors (Lipinski definition) is 1. The van der Waals surface area contributed by atoms with Crippen LogP contribution < -0.4 is 10.2 Å². The molecule has 0 spiro atoms. The van der Waals surface area contributed by atoms with Gasteiger partial charge in [0, 0.05) is 25.2 Å². The number of hydrogen-bond acceptors (Lipinski definition) is 5. The van der Waals surface area contributed by atoms with Crippen molar-refractivity contribution in [3.63, 3.8) is 0 Å². The van der Waals surface area contributed by atoms with Gasteiger partial charge >= 0.3 is 0 Å². The van der Waals surface area contributed by atoms with Crippen LogP contribution in [-0.2, 0) is 9.59 Å². The normalized spacial score (nSPS) is 23.4. The summed E-state index contributed by atoms with van der Waals surface area (Å²) in [4.78, 5) is 52.2. The second kappa shape index (κ2) is 6.23. The highest BCUT2D eigenvalue weighted by Gasteiger charge is 2.44. The minimum atomic E-state index is -0.920. The fourth-order valence-electron chi connectivity index (χ4n) is 4.18. The molecular weight excluding hydrogens is 334 g/mol. The Morgan fingerprint density at radius 2 is 1.69 bits per heavy atom. The summed E-state index contributed by atoms with van der Waals surface area (Å²) in [6.45, 7) is 0. The highest BCUT2D eigenvalue weighted by Crippen LogP contribution is 2.32. The molecule has 7 heteroatoms. The van der Waals surface area contributed by atoms with Gasteiger partial charge in [-0.25, -0.2) is 0 Å². The molecule has 4 rings (SSSR count). The monoisotopic (exact) mass is 355 g/mol. The minimum absolute atomic E-state index is 0.124. The van der Waals surface area contributed by atoms with E-state index in [0.717, 1.165) is 23.4 Å². The summed E-state index contributed by atoms with van der Waals surface area (Å²) in [5.74, 6) is -1.88. The summed E-state index contributed by atoms with van der Waals surface area (Å²) in [7, 11) is 2.01. The van der Waals surface area contributed by atoms with Gasteiger partial charge in [-0.3, -0.25) is 29.4 Å². The molecule has 0 aromatic heterocycles. The molecule has 4 amide bonds. The summed E-state index contributed by atoms with van der Waals surface area (Å²) in [5.41, 5.74) is 1.56. The topological polar surface area (TPSA) is 86.8 Å². The summed E-state index contributed by atoms with van der Waals surface area (Å²) in [6.07, 6.45) is 4.97. The Balaban J connectivity index is 1.62. The number of nitrogens with one attached hydrogen (secondary N) is 1. The van der Waals surface area contributed by atoms with Gasteiger partial charge in [0.05, 0.1) is 11.1 Å². The maximum absolute atomic E-state index is 12.9. The van der Waals surface area contributed by atoms with Crippen LogP contribution in [-0.4, -0.2) is 47.7 Å². The van der Waals surface area contributed by atoms with E-state index in [2.05, 4.69) is 10.2 Å². The third kappa shape index (κ3) is 2.58. The van der Waals surface area contributed by atoms with Crippen molar-refractivity contribution in [2.24, 2.45) is 0 Å². The minimum Gasteiger partial charge on any atom is -0.372 e. The van der Waals surface area contributed by atoms with E-state index in [9.17, 15) is 19.2 Å². The van der Waals surface area contributed by atoms with E-state index in [1.165, 1.54) is 12.8 Å². The van der Waals surface area contributed by atoms with Crippen molar-refractivity contribution in [3.8, 4) is 0 Å². The Hall–Kier alpha value is -2.70. The Bertz CT molecular complexity index is 813. The predicted octanol–water partition coefficient (Wildman–Crippen LogP) is 1.47. The van der Waals surface area contributed by atoms with Crippen LogP contribution in [0, 0.1) is 0 Å². The van der Waals surface area contributed by atoms with E-state index in [0.29, 0.717) is 17.2 Å². The lowest BCUT2D eigenvalue weighted by Gasteiger charge is -2.28. The molecule has 3 aliphatic rings. The quantitative estimate of drug-likeness (QED) is 0.830. The maximum atomic E-state index is 12.9. The van der Waals surface area contributed by atoms with Gasteiger partial charge in [-0.05, 0) is 37.5 Å². The van der Waals surface area contributed by atoms with Crippen molar-refractivity contribution < 1.29 is 19.2 Å². The van der Waals surface area contributed by atoms with Gasteiger partial charge in [0.25, 0.3) is 11.8 Å². The molecule has 1 unspecified atom stereocenters. The SMILES string of the molecule is CN(c1ccc2c(c1)C(=O)N(C1CCC(=O)NC1=O)C2=O)C1CCCC1. The van der Waals surface area contributed by atoms with Crippen LogP contribution in [0.4, 0.5) is 5.69 Å². The summed E-state index contributed by atoms with van der Waals surface area (Å²) in [5, 5.41) is 2.21. The van der Waals surface area contributed by atoms with Crippen LogP contribution in [0.1, 0.15) is 59.2 Å². The van der Waals surface area contributed by atoms with Crippen molar-refractivity contribution in [1.29, 1.82) is 0 Å². The van der Waals surface area contributed by atoms with Crippen molar-refractivity contribution in [3.05, 3.63) is 29.3 Å². The van der Waals surface area contributed by atoms with E-state index in [-0.39, 0.29) is 18.7 Å². The Kier molecular flexibility index (Phi) is 4.01. The van der Waals surface area contributed by atoms with Gasteiger partial charge in [-0.1, -0.05) is 12.8 Å². The smallest absolute Gasteiger partial charge is 0.262 e. The van der Waals surface area contributed by atoms with E-state index in [4.69, 9.17) is 0 Å². The highest BCUT2D eigenvalue weighted by molar-refractivity contribution is 6.23. The number of benzene rings is 1. The molecule has 0 radical (unpaired) electrons. The van der Waals surface area contributed by atoms with Crippen LogP contribution in [0.25, 0.3) is 0 Å². The average Bonchev–Trinajstić information content (AvgIpc) is 3.23. The number of fused-ring (bicyclic) bond motifs is 1. The van der Waals surface area contributed by atoms with Crippen LogP contribution in [0.2, 0.25) is 0 Å². The van der Waals surface area contributed by atoms with Crippen molar-refractivity contribution >= 4 is 29.3 Å². The fraction of sp³-hybridized carbons (Fsp3) is 0.474. The molecule has 1 aliphatic carbocycles. The molecule has 1 aromatic carbocycles. The molecule has 2 fully saturated rings. The summed E-state index contributed by atoms with van der Waals surface area (Å²) < 4.78 is 0. The van der Waals surface area contributed by atoms with Gasteiger partial charge < -0.3 is 4.90 Å². The van der Waals surface area contributed by atoms with E-state index >= 15 is 0 Å². The molecule has 1 N–H and O–H groups in total. The second-order valence-electron chi connectivity index (χ2n) is 7.23. The van der Waals surface area contributed by atoms with Gasteiger partial charge in [0.15, 0.2) is 0 Å². The Morgan fingerprint density at radius 3 is 2.38 bits per heavy atom. The number of nitrogens with zero attached hydrogens (tertiary/aromatic N) is 2. The zero-order valence-corrected chi connectivity index (χ0v) is 14.7. The number of piperidine rings is 1. The standard InChI is InChI=1S/C19H21N3O4/c1-21(11-4-2-3-5-11)12-6-7-13-14(10-12)19(26)22(18(13)25)15-8-9-16(23)20-17(15)24/h6-7,10-11,15H,2-5,8-9H2,1H3,(H,20,23,24). The number of rotatable bonds is 3. The van der Waals surface area contributed by atoms with Crippen molar-refractivity contribution in [1.82, 2.24) is 10.2 Å². The number of anilines is 1. The molecule has 1 atom stereocenters. The van der Waals surface area contributed by atoms with Crippen LogP contribution in [0.15, 0.2) is 18.2 Å². The van der Waals surface area contributed by atoms with E-state index < -0.39 is 23.8 Å². The first-order valence-corrected chi connectivity index (χ1v) is 9.06. The van der Waals surface area contributed by atoms with Gasteiger partial charge in [0.2, 0.25) is 11.8 Å². The van der Waals surface area contributed by atoms with Crippen molar-refractivity contribution in [2.45, 2.75) is 50.6 Å². The lowest BCUT2D eigenvalue weighted by molar-refractivity contribution is -0.136. The number of imide groups is 2. The summed E-state index contributed by atoms with van der Waals surface area (Å²) >= 11 is 0. The lowest BCUT2D eigenvalue weighted by atomic mass is 10.0. The first kappa shape index (κ1) is 16.8. The van der Waals surface area contributed by atoms with Gasteiger partial charge in [-0.2, -0.15) is 0 Å². The third-order valence-corrected chi connectivity index (χ3v) is 5.70.